The summed E-state index contributed by atoms with van der Waals surface area (Å²) in [6.07, 6.45) is 11.1. The summed E-state index contributed by atoms with van der Waals surface area (Å²) in [6.45, 7) is 15.0. The summed E-state index contributed by atoms with van der Waals surface area (Å²) >= 11 is 0. The molecule has 0 atom stereocenters. The maximum atomic E-state index is 2.33. The third-order valence-corrected chi connectivity index (χ3v) is 3.94. The fraction of sp³-hybridized carbons (Fsp3) is 1.00. The van der Waals surface area contributed by atoms with Crippen molar-refractivity contribution in [1.82, 2.24) is 0 Å². The predicted octanol–water partition coefficient (Wildman–Crippen LogP) is 4.90. The lowest BCUT2D eigenvalue weighted by Gasteiger charge is -2.39. The van der Waals surface area contributed by atoms with Crippen LogP contribution < -0.4 is 17.0 Å². The van der Waals surface area contributed by atoms with Crippen molar-refractivity contribution in [3.8, 4) is 0 Å². The van der Waals surface area contributed by atoms with Gasteiger partial charge in [-0.25, -0.2) is 0 Å². The van der Waals surface area contributed by atoms with Crippen LogP contribution in [0.4, 0.5) is 0 Å². The maximum absolute atomic E-state index is 2.33. The number of unbranched alkanes of at least 4 members (excludes halogenated alkanes) is 4. The topological polar surface area (TPSA) is 0 Å². The first-order valence-corrected chi connectivity index (χ1v) is 8.09. The van der Waals surface area contributed by atoms with E-state index in [1.807, 2.05) is 0 Å². The summed E-state index contributed by atoms with van der Waals surface area (Å²) in [4.78, 5) is 0. The maximum Gasteiger partial charge on any atom is 0.0786 e. The van der Waals surface area contributed by atoms with Gasteiger partial charge in [0.1, 0.15) is 0 Å². The quantitative estimate of drug-likeness (QED) is 0.252. The van der Waals surface area contributed by atoms with Gasteiger partial charge < -0.3 is 21.5 Å². The van der Waals surface area contributed by atoms with Crippen LogP contribution in [-0.2, 0) is 0 Å². The molecule has 23 heavy (non-hydrogen) atoms. The lowest BCUT2D eigenvalue weighted by atomic mass is 10.1. The molecule has 0 rings (SSSR count). The van der Waals surface area contributed by atoms with Crippen molar-refractivity contribution in [3.05, 3.63) is 0 Å². The molecule has 0 saturated carbocycles. The van der Waals surface area contributed by atoms with Crippen LogP contribution in [0.3, 0.4) is 0 Å². The lowest BCUT2D eigenvalue weighted by Crippen LogP contribution is -3.00. The molecule has 0 amide bonds. The van der Waals surface area contributed by atoms with E-state index in [0.29, 0.717) is 0 Å². The van der Waals surface area contributed by atoms with Crippen LogP contribution in [0.15, 0.2) is 0 Å². The molecule has 0 spiro atoms. The van der Waals surface area contributed by atoms with Gasteiger partial charge in [-0.3, -0.25) is 0 Å². The Kier molecular flexibility index (Phi) is 63.5. The molecular formula is C16H41Br6N. The minimum atomic E-state index is 0. The SMILES string of the molecule is Br.Br.Br.Br.Br.CCCC[N+](CCCC)(CCCC)CCCC.[Br-]. The number of hydrogen-bond donors (Lipinski definition) is 0. The van der Waals surface area contributed by atoms with Crippen LogP contribution in [0.2, 0.25) is 0 Å². The molecule has 0 fully saturated rings. The second-order valence-corrected chi connectivity index (χ2v) is 5.65. The molecule has 1 nitrogen and oxygen atoms in total. The van der Waals surface area contributed by atoms with Crippen molar-refractivity contribution in [2.45, 2.75) is 79.1 Å². The van der Waals surface area contributed by atoms with E-state index >= 15 is 0 Å². The second kappa shape index (κ2) is 32.5. The van der Waals surface area contributed by atoms with Gasteiger partial charge in [0.05, 0.1) is 26.2 Å². The first-order chi connectivity index (χ1) is 8.24. The molecule has 0 aromatic carbocycles. The number of halogens is 6. The number of hydrogen-bond acceptors (Lipinski definition) is 0. The van der Waals surface area contributed by atoms with Crippen LogP contribution in [0, 0.1) is 0 Å². The van der Waals surface area contributed by atoms with Gasteiger partial charge in [-0.1, -0.05) is 53.4 Å². The molecule has 0 heterocycles. The molecule has 0 bridgehead atoms. The van der Waals surface area contributed by atoms with Crippen molar-refractivity contribution in [2.75, 3.05) is 26.2 Å². The van der Waals surface area contributed by atoms with Gasteiger partial charge in [0, 0.05) is 0 Å². The summed E-state index contributed by atoms with van der Waals surface area (Å²) in [5.74, 6) is 0. The Labute approximate surface area is 209 Å². The van der Waals surface area contributed by atoms with E-state index in [1.165, 1.54) is 82.0 Å². The van der Waals surface area contributed by atoms with E-state index in [1.54, 1.807) is 0 Å². The van der Waals surface area contributed by atoms with E-state index in [-0.39, 0.29) is 102 Å². The Hall–Kier alpha value is 2.84. The summed E-state index contributed by atoms with van der Waals surface area (Å²) in [5.41, 5.74) is 0. The van der Waals surface area contributed by atoms with Crippen LogP contribution in [-0.4, -0.2) is 30.7 Å². The average Bonchev–Trinajstić information content (AvgIpc) is 2.37. The minimum Gasteiger partial charge on any atom is -1.00 e. The summed E-state index contributed by atoms with van der Waals surface area (Å²) in [7, 11) is 0. The normalized spacial score (nSPS) is 8.87. The highest BCUT2D eigenvalue weighted by Crippen LogP contribution is 2.16. The molecule has 0 unspecified atom stereocenters. The van der Waals surface area contributed by atoms with Crippen molar-refractivity contribution in [3.63, 3.8) is 0 Å². The largest absolute Gasteiger partial charge is 1.00 e. The van der Waals surface area contributed by atoms with Gasteiger partial charge in [-0.15, -0.1) is 84.9 Å². The monoisotopic (exact) mass is 721 g/mol. The van der Waals surface area contributed by atoms with Crippen molar-refractivity contribution in [1.29, 1.82) is 0 Å². The fourth-order valence-electron chi connectivity index (χ4n) is 2.64. The number of quaternary nitrogens is 1. The molecule has 0 N–H and O–H groups in total. The number of rotatable bonds is 12. The molecule has 0 aromatic rings. The molecule has 0 saturated heterocycles. The van der Waals surface area contributed by atoms with E-state index in [0.717, 1.165) is 0 Å². The molecule has 152 valence electrons. The van der Waals surface area contributed by atoms with Crippen molar-refractivity contribution in [2.24, 2.45) is 0 Å². The van der Waals surface area contributed by atoms with Gasteiger partial charge in [-0.2, -0.15) is 0 Å². The molecule has 7 heteroatoms. The van der Waals surface area contributed by atoms with E-state index in [2.05, 4.69) is 27.7 Å². The second-order valence-electron chi connectivity index (χ2n) is 5.65. The Balaban J connectivity index is -0.0000000853. The third-order valence-electron chi connectivity index (χ3n) is 3.94. The van der Waals surface area contributed by atoms with Gasteiger partial charge in [-0.05, 0) is 25.7 Å². The Morgan fingerprint density at radius 2 is 0.609 bits per heavy atom. The minimum absolute atomic E-state index is 0. The van der Waals surface area contributed by atoms with Crippen LogP contribution in [0.1, 0.15) is 79.1 Å². The lowest BCUT2D eigenvalue weighted by molar-refractivity contribution is -0.929. The molecule has 0 aliphatic rings. The highest BCUT2D eigenvalue weighted by Gasteiger charge is 2.24. The van der Waals surface area contributed by atoms with E-state index in [4.69, 9.17) is 0 Å². The van der Waals surface area contributed by atoms with E-state index in [9.17, 15) is 0 Å². The Morgan fingerprint density at radius 3 is 0.739 bits per heavy atom. The van der Waals surface area contributed by atoms with Crippen LogP contribution >= 0.6 is 84.9 Å². The first kappa shape index (κ1) is 44.9. The highest BCUT2D eigenvalue weighted by atomic mass is 79.9. The Morgan fingerprint density at radius 1 is 0.435 bits per heavy atom. The van der Waals surface area contributed by atoms with Gasteiger partial charge in [0.2, 0.25) is 0 Å². The smallest absolute Gasteiger partial charge is 0.0786 e. The number of nitrogens with zero attached hydrogens (tertiary/aromatic N) is 1. The zero-order chi connectivity index (χ0) is 13.0. The van der Waals surface area contributed by atoms with Crippen LogP contribution in [0.25, 0.3) is 0 Å². The zero-order valence-corrected chi connectivity index (χ0v) is 25.5. The molecule has 0 aliphatic heterocycles. The summed E-state index contributed by atoms with van der Waals surface area (Å²) in [6, 6.07) is 0. The Bertz CT molecular complexity index is 135. The average molecular weight is 727 g/mol. The van der Waals surface area contributed by atoms with Crippen molar-refractivity contribution >= 4 is 84.9 Å². The zero-order valence-electron chi connectivity index (χ0n) is 15.4. The first-order valence-electron chi connectivity index (χ1n) is 8.09. The predicted molar refractivity (Wildman–Crippen MR) is 131 cm³/mol. The molecule has 0 aliphatic carbocycles. The van der Waals surface area contributed by atoms with Gasteiger partial charge in [0.25, 0.3) is 0 Å². The molecule has 0 aromatic heterocycles. The van der Waals surface area contributed by atoms with Crippen LogP contribution in [0.5, 0.6) is 0 Å². The highest BCUT2D eigenvalue weighted by molar-refractivity contribution is 8.93. The summed E-state index contributed by atoms with van der Waals surface area (Å²) < 4.78 is 1.42. The third kappa shape index (κ3) is 24.8. The standard InChI is InChI=1S/C16H36N.6BrH/c1-5-9-13-17(14-10-6-2,15-11-7-3)16-12-8-4;;;;;;/h5-16H2,1-4H3;6*1H/q+1;;;;;;/p-1. The van der Waals surface area contributed by atoms with E-state index < -0.39 is 0 Å². The molecular weight excluding hydrogens is 686 g/mol. The molecule has 0 radical (unpaired) electrons. The summed E-state index contributed by atoms with van der Waals surface area (Å²) in [5, 5.41) is 0. The van der Waals surface area contributed by atoms with Gasteiger partial charge >= 0.3 is 0 Å². The van der Waals surface area contributed by atoms with Crippen molar-refractivity contribution < 1.29 is 21.5 Å². The fourth-order valence-corrected chi connectivity index (χ4v) is 2.64. The van der Waals surface area contributed by atoms with Gasteiger partial charge in [0.15, 0.2) is 0 Å².